The number of benzene rings is 1. The van der Waals surface area contributed by atoms with Crippen molar-refractivity contribution >= 4 is 5.82 Å². The second kappa shape index (κ2) is 9.03. The van der Waals surface area contributed by atoms with Crippen molar-refractivity contribution in [3.05, 3.63) is 53.0 Å². The quantitative estimate of drug-likeness (QED) is 0.751. The molecule has 0 N–H and O–H groups in total. The number of anilines is 1. The molecule has 3 aliphatic heterocycles. The molecule has 0 spiro atoms. The highest BCUT2D eigenvalue weighted by atomic mass is 16.5. The predicted octanol–water partition coefficient (Wildman–Crippen LogP) is 4.44. The standard InChI is InChI=1S/C25H34N4O/c1-19-22-10-7-14-28(18-20-8-3-2-4-9-20)25(22)27-24(26-19)23-11-5-6-15-29(23)21-12-16-30-17-13-21/h2-4,8-9,21,23H,5-7,10-18H2,1H3. The molecular weight excluding hydrogens is 372 g/mol. The highest BCUT2D eigenvalue weighted by molar-refractivity contribution is 5.52. The molecule has 5 rings (SSSR count). The summed E-state index contributed by atoms with van der Waals surface area (Å²) in [4.78, 5) is 15.5. The first kappa shape index (κ1) is 20.0. The van der Waals surface area contributed by atoms with Crippen molar-refractivity contribution in [2.45, 2.75) is 70.5 Å². The Hall–Kier alpha value is -1.98. The summed E-state index contributed by atoms with van der Waals surface area (Å²) in [7, 11) is 0. The molecule has 1 unspecified atom stereocenters. The van der Waals surface area contributed by atoms with E-state index < -0.39 is 0 Å². The van der Waals surface area contributed by atoms with Gasteiger partial charge >= 0.3 is 0 Å². The summed E-state index contributed by atoms with van der Waals surface area (Å²) in [5, 5.41) is 0. The molecule has 0 radical (unpaired) electrons. The lowest BCUT2D eigenvalue weighted by Gasteiger charge is -2.42. The first-order chi connectivity index (χ1) is 14.8. The predicted molar refractivity (Wildman–Crippen MR) is 120 cm³/mol. The monoisotopic (exact) mass is 406 g/mol. The van der Waals surface area contributed by atoms with Gasteiger partial charge in [0.25, 0.3) is 0 Å². The number of likely N-dealkylation sites (tertiary alicyclic amines) is 1. The molecule has 1 aromatic carbocycles. The van der Waals surface area contributed by atoms with E-state index in [9.17, 15) is 0 Å². The Morgan fingerprint density at radius 1 is 0.967 bits per heavy atom. The van der Waals surface area contributed by atoms with Crippen LogP contribution >= 0.6 is 0 Å². The first-order valence-electron chi connectivity index (χ1n) is 11.8. The van der Waals surface area contributed by atoms with Crippen LogP contribution in [0.25, 0.3) is 0 Å². The Labute approximate surface area is 180 Å². The summed E-state index contributed by atoms with van der Waals surface area (Å²) in [6.07, 6.45) is 8.30. The third-order valence-electron chi connectivity index (χ3n) is 7.08. The number of hydrogen-bond donors (Lipinski definition) is 0. The zero-order valence-corrected chi connectivity index (χ0v) is 18.2. The van der Waals surface area contributed by atoms with Gasteiger partial charge in [-0.1, -0.05) is 36.8 Å². The molecule has 2 aromatic rings. The molecular formula is C25H34N4O. The van der Waals surface area contributed by atoms with E-state index in [0.717, 1.165) is 51.4 Å². The lowest BCUT2D eigenvalue weighted by Crippen LogP contribution is -2.45. The molecule has 0 bridgehead atoms. The van der Waals surface area contributed by atoms with E-state index >= 15 is 0 Å². The fraction of sp³-hybridized carbons (Fsp3) is 0.600. The molecule has 0 saturated carbocycles. The molecule has 2 fully saturated rings. The zero-order valence-electron chi connectivity index (χ0n) is 18.2. The third kappa shape index (κ3) is 4.10. The number of hydrogen-bond acceptors (Lipinski definition) is 5. The van der Waals surface area contributed by atoms with Gasteiger partial charge in [0.05, 0.1) is 6.04 Å². The van der Waals surface area contributed by atoms with Gasteiger partial charge in [0.15, 0.2) is 0 Å². The van der Waals surface area contributed by atoms with Gasteiger partial charge in [0.1, 0.15) is 11.6 Å². The SMILES string of the molecule is Cc1nc(C2CCCCN2C2CCOCC2)nc2c1CCCN2Cc1ccccc1. The molecule has 0 amide bonds. The van der Waals surface area contributed by atoms with Crippen LogP contribution in [0.15, 0.2) is 30.3 Å². The Morgan fingerprint density at radius 3 is 2.63 bits per heavy atom. The van der Waals surface area contributed by atoms with E-state index in [1.54, 1.807) is 0 Å². The molecule has 1 atom stereocenters. The molecule has 2 saturated heterocycles. The van der Waals surface area contributed by atoms with Crippen LogP contribution in [0.2, 0.25) is 0 Å². The van der Waals surface area contributed by atoms with Crippen molar-refractivity contribution in [2.24, 2.45) is 0 Å². The van der Waals surface area contributed by atoms with Gasteiger partial charge < -0.3 is 9.64 Å². The minimum atomic E-state index is 0.353. The maximum absolute atomic E-state index is 5.63. The number of fused-ring (bicyclic) bond motifs is 1. The Kier molecular flexibility index (Phi) is 6.00. The van der Waals surface area contributed by atoms with Crippen LogP contribution < -0.4 is 4.90 Å². The van der Waals surface area contributed by atoms with Crippen LogP contribution in [-0.4, -0.2) is 47.2 Å². The van der Waals surface area contributed by atoms with Crippen LogP contribution in [-0.2, 0) is 17.7 Å². The summed E-state index contributed by atoms with van der Waals surface area (Å²) in [5.74, 6) is 2.24. The summed E-state index contributed by atoms with van der Waals surface area (Å²) in [6, 6.07) is 11.8. The second-order valence-electron chi connectivity index (χ2n) is 9.07. The summed E-state index contributed by atoms with van der Waals surface area (Å²) in [6.45, 7) is 7.15. The topological polar surface area (TPSA) is 41.5 Å². The molecule has 5 nitrogen and oxygen atoms in total. The van der Waals surface area contributed by atoms with Crippen LogP contribution in [0.3, 0.4) is 0 Å². The molecule has 1 aromatic heterocycles. The molecule has 5 heteroatoms. The van der Waals surface area contributed by atoms with E-state index in [1.807, 2.05) is 0 Å². The molecule has 4 heterocycles. The van der Waals surface area contributed by atoms with Gasteiger partial charge in [-0.2, -0.15) is 0 Å². The second-order valence-corrected chi connectivity index (χ2v) is 9.07. The maximum Gasteiger partial charge on any atom is 0.148 e. The van der Waals surface area contributed by atoms with Gasteiger partial charge in [0.2, 0.25) is 0 Å². The minimum Gasteiger partial charge on any atom is -0.381 e. The van der Waals surface area contributed by atoms with E-state index in [2.05, 4.69) is 47.1 Å². The molecule has 160 valence electrons. The van der Waals surface area contributed by atoms with Crippen molar-refractivity contribution in [3.63, 3.8) is 0 Å². The summed E-state index contributed by atoms with van der Waals surface area (Å²) in [5.41, 5.74) is 3.89. The largest absolute Gasteiger partial charge is 0.381 e. The number of ether oxygens (including phenoxy) is 1. The van der Waals surface area contributed by atoms with Gasteiger partial charge in [-0.25, -0.2) is 9.97 Å². The highest BCUT2D eigenvalue weighted by Gasteiger charge is 2.34. The number of aryl methyl sites for hydroxylation is 1. The number of aromatic nitrogens is 2. The maximum atomic E-state index is 5.63. The first-order valence-corrected chi connectivity index (χ1v) is 11.8. The fourth-order valence-corrected chi connectivity index (χ4v) is 5.50. The molecule has 30 heavy (non-hydrogen) atoms. The van der Waals surface area contributed by atoms with Crippen molar-refractivity contribution in [1.82, 2.24) is 14.9 Å². The van der Waals surface area contributed by atoms with Crippen LogP contribution in [0.4, 0.5) is 5.82 Å². The number of piperidine rings is 1. The Morgan fingerprint density at radius 2 is 1.80 bits per heavy atom. The Bertz CT molecular complexity index is 850. The van der Waals surface area contributed by atoms with Crippen LogP contribution in [0, 0.1) is 6.92 Å². The summed E-state index contributed by atoms with van der Waals surface area (Å²) >= 11 is 0. The Balaban J connectivity index is 1.45. The van der Waals surface area contributed by atoms with Gasteiger partial charge in [-0.05, 0) is 57.6 Å². The van der Waals surface area contributed by atoms with Crippen LogP contribution in [0.1, 0.15) is 67.2 Å². The van der Waals surface area contributed by atoms with E-state index in [0.29, 0.717) is 12.1 Å². The normalized spacial score (nSPS) is 23.4. The summed E-state index contributed by atoms with van der Waals surface area (Å²) < 4.78 is 5.63. The lowest BCUT2D eigenvalue weighted by molar-refractivity contribution is 0.00209. The lowest BCUT2D eigenvalue weighted by atomic mass is 9.95. The number of nitrogens with zero attached hydrogens (tertiary/aromatic N) is 4. The third-order valence-corrected chi connectivity index (χ3v) is 7.08. The highest BCUT2D eigenvalue weighted by Crippen LogP contribution is 2.36. The van der Waals surface area contributed by atoms with Gasteiger partial charge in [-0.15, -0.1) is 0 Å². The van der Waals surface area contributed by atoms with Gasteiger partial charge in [-0.3, -0.25) is 4.90 Å². The van der Waals surface area contributed by atoms with Crippen molar-refractivity contribution in [2.75, 3.05) is 31.2 Å². The minimum absolute atomic E-state index is 0.353. The average molecular weight is 407 g/mol. The molecule has 0 aliphatic carbocycles. The fourth-order valence-electron chi connectivity index (χ4n) is 5.50. The van der Waals surface area contributed by atoms with E-state index in [1.165, 1.54) is 54.9 Å². The molecule has 3 aliphatic rings. The number of rotatable bonds is 4. The smallest absolute Gasteiger partial charge is 0.148 e. The van der Waals surface area contributed by atoms with Crippen molar-refractivity contribution < 1.29 is 4.74 Å². The van der Waals surface area contributed by atoms with E-state index in [-0.39, 0.29) is 0 Å². The average Bonchev–Trinajstić information content (AvgIpc) is 2.81. The zero-order chi connectivity index (χ0) is 20.3. The van der Waals surface area contributed by atoms with E-state index in [4.69, 9.17) is 14.7 Å². The van der Waals surface area contributed by atoms with Crippen LogP contribution in [0.5, 0.6) is 0 Å². The van der Waals surface area contributed by atoms with Crippen molar-refractivity contribution in [3.8, 4) is 0 Å². The van der Waals surface area contributed by atoms with Gasteiger partial charge in [0, 0.05) is 43.6 Å². The van der Waals surface area contributed by atoms with Crippen molar-refractivity contribution in [1.29, 1.82) is 0 Å².